The van der Waals surface area contributed by atoms with E-state index >= 15 is 0 Å². The molecule has 1 aromatic carbocycles. The van der Waals surface area contributed by atoms with Gasteiger partial charge in [-0.15, -0.1) is 0 Å². The van der Waals surface area contributed by atoms with Crippen LogP contribution in [0.25, 0.3) is 11.1 Å². The van der Waals surface area contributed by atoms with Crippen molar-refractivity contribution in [3.05, 3.63) is 53.1 Å². The van der Waals surface area contributed by atoms with Crippen LogP contribution in [0.4, 0.5) is 4.39 Å². The Balaban J connectivity index is 2.56. The largest absolute Gasteiger partial charge is 0.389 e. The summed E-state index contributed by atoms with van der Waals surface area (Å²) in [7, 11) is 0. The first-order valence-electron chi connectivity index (χ1n) is 5.17. The highest BCUT2D eigenvalue weighted by Gasteiger charge is 2.11. The Labute approximate surface area is 104 Å². The molecule has 0 aliphatic heterocycles. The Kier molecular flexibility index (Phi) is 3.41. The minimum Gasteiger partial charge on any atom is -0.389 e. The van der Waals surface area contributed by atoms with Crippen LogP contribution >= 0.6 is 11.6 Å². The molecule has 1 atom stereocenters. The lowest BCUT2D eigenvalue weighted by Gasteiger charge is -2.11. The predicted molar refractivity (Wildman–Crippen MR) is 65.3 cm³/mol. The monoisotopic (exact) mass is 251 g/mol. The highest BCUT2D eigenvalue weighted by atomic mass is 35.5. The first-order valence-corrected chi connectivity index (χ1v) is 5.55. The summed E-state index contributed by atoms with van der Waals surface area (Å²) in [6, 6.07) is 6.18. The Morgan fingerprint density at radius 3 is 2.76 bits per heavy atom. The van der Waals surface area contributed by atoms with Crippen LogP contribution in [0.2, 0.25) is 5.02 Å². The average molecular weight is 252 g/mol. The summed E-state index contributed by atoms with van der Waals surface area (Å²) in [6.07, 6.45) is 2.62. The smallest absolute Gasteiger partial charge is 0.141 e. The fraction of sp³-hybridized carbons (Fsp3) is 0.154. The van der Waals surface area contributed by atoms with Crippen LogP contribution in [0.1, 0.15) is 18.6 Å². The molecule has 0 aliphatic carbocycles. The lowest BCUT2D eigenvalue weighted by molar-refractivity contribution is 0.200. The zero-order chi connectivity index (χ0) is 12.4. The van der Waals surface area contributed by atoms with Crippen molar-refractivity contribution >= 4 is 11.6 Å². The maximum Gasteiger partial charge on any atom is 0.141 e. The number of aliphatic hydroxyl groups excluding tert-OH is 1. The van der Waals surface area contributed by atoms with E-state index in [1.54, 1.807) is 31.5 Å². The summed E-state index contributed by atoms with van der Waals surface area (Å²) in [5.74, 6) is -0.460. The molecule has 88 valence electrons. The second kappa shape index (κ2) is 4.82. The number of aliphatic hydroxyl groups is 1. The highest BCUT2D eigenvalue weighted by Crippen LogP contribution is 2.29. The van der Waals surface area contributed by atoms with E-state index in [4.69, 9.17) is 11.6 Å². The summed E-state index contributed by atoms with van der Waals surface area (Å²) in [4.78, 5) is 4.01. The lowest BCUT2D eigenvalue weighted by atomic mass is 9.99. The number of rotatable bonds is 2. The first-order chi connectivity index (χ1) is 8.09. The molecule has 2 rings (SSSR count). The van der Waals surface area contributed by atoms with Gasteiger partial charge in [0, 0.05) is 18.0 Å². The summed E-state index contributed by atoms with van der Waals surface area (Å²) >= 11 is 5.74. The van der Waals surface area contributed by atoms with Crippen molar-refractivity contribution in [2.24, 2.45) is 0 Å². The van der Waals surface area contributed by atoms with Gasteiger partial charge in [0.2, 0.25) is 0 Å². The van der Waals surface area contributed by atoms with E-state index in [1.165, 1.54) is 12.1 Å². The molecule has 2 aromatic rings. The molecule has 0 spiro atoms. The topological polar surface area (TPSA) is 33.1 Å². The molecule has 2 nitrogen and oxygen atoms in total. The van der Waals surface area contributed by atoms with Crippen LogP contribution < -0.4 is 0 Å². The third kappa shape index (κ3) is 2.46. The molecule has 1 unspecified atom stereocenters. The number of hydrogen-bond donors (Lipinski definition) is 1. The van der Waals surface area contributed by atoms with Gasteiger partial charge >= 0.3 is 0 Å². The molecule has 0 saturated carbocycles. The normalized spacial score (nSPS) is 12.5. The molecule has 17 heavy (non-hydrogen) atoms. The summed E-state index contributed by atoms with van der Waals surface area (Å²) < 4.78 is 13.1. The van der Waals surface area contributed by atoms with Crippen LogP contribution in [0.3, 0.4) is 0 Å². The second-order valence-electron chi connectivity index (χ2n) is 3.77. The molecule has 1 N–H and O–H groups in total. The van der Waals surface area contributed by atoms with Crippen LogP contribution in [-0.2, 0) is 0 Å². The van der Waals surface area contributed by atoms with Crippen molar-refractivity contribution in [2.45, 2.75) is 13.0 Å². The van der Waals surface area contributed by atoms with Gasteiger partial charge in [-0.05, 0) is 36.2 Å². The van der Waals surface area contributed by atoms with Gasteiger partial charge in [-0.2, -0.15) is 0 Å². The number of halogens is 2. The van der Waals surface area contributed by atoms with E-state index in [1.807, 2.05) is 0 Å². The van der Waals surface area contributed by atoms with Crippen molar-refractivity contribution in [3.8, 4) is 11.1 Å². The van der Waals surface area contributed by atoms with E-state index in [2.05, 4.69) is 4.98 Å². The van der Waals surface area contributed by atoms with Gasteiger partial charge in [-0.25, -0.2) is 4.39 Å². The molecule has 0 radical (unpaired) electrons. The van der Waals surface area contributed by atoms with Crippen molar-refractivity contribution < 1.29 is 9.50 Å². The Morgan fingerprint density at radius 1 is 1.35 bits per heavy atom. The van der Waals surface area contributed by atoms with Crippen molar-refractivity contribution in [1.29, 1.82) is 0 Å². The molecule has 0 bridgehead atoms. The van der Waals surface area contributed by atoms with Crippen LogP contribution in [0, 0.1) is 5.82 Å². The van der Waals surface area contributed by atoms with Crippen molar-refractivity contribution in [3.63, 3.8) is 0 Å². The minimum atomic E-state index is -0.614. The lowest BCUT2D eigenvalue weighted by Crippen LogP contribution is -1.96. The molecular formula is C13H11ClFNO. The van der Waals surface area contributed by atoms with Gasteiger partial charge in [0.1, 0.15) is 5.82 Å². The van der Waals surface area contributed by atoms with Crippen molar-refractivity contribution in [1.82, 2.24) is 4.98 Å². The van der Waals surface area contributed by atoms with Crippen LogP contribution in [-0.4, -0.2) is 10.1 Å². The highest BCUT2D eigenvalue weighted by molar-refractivity contribution is 6.31. The molecular weight excluding hydrogens is 241 g/mol. The van der Waals surface area contributed by atoms with Crippen molar-refractivity contribution in [2.75, 3.05) is 0 Å². The fourth-order valence-corrected chi connectivity index (χ4v) is 1.85. The van der Waals surface area contributed by atoms with E-state index < -0.39 is 11.9 Å². The zero-order valence-electron chi connectivity index (χ0n) is 9.19. The van der Waals surface area contributed by atoms with E-state index in [0.29, 0.717) is 0 Å². The Hall–Kier alpha value is -1.45. The van der Waals surface area contributed by atoms with Gasteiger partial charge in [-0.3, -0.25) is 4.98 Å². The molecule has 0 aliphatic rings. The third-order valence-corrected chi connectivity index (χ3v) is 2.83. The fourth-order valence-electron chi connectivity index (χ4n) is 1.67. The number of benzene rings is 1. The van der Waals surface area contributed by atoms with Gasteiger partial charge in [0.25, 0.3) is 0 Å². The van der Waals surface area contributed by atoms with Gasteiger partial charge < -0.3 is 5.11 Å². The molecule has 4 heteroatoms. The van der Waals surface area contributed by atoms with Gasteiger partial charge in [-0.1, -0.05) is 17.7 Å². The van der Waals surface area contributed by atoms with Crippen LogP contribution in [0.15, 0.2) is 36.7 Å². The summed E-state index contributed by atoms with van der Waals surface area (Å²) in [5, 5.41) is 9.71. The minimum absolute atomic E-state index is 0.0582. The standard InChI is InChI=1S/C13H11ClFNO/c1-8(17)10-4-5-16-7-11(10)9-2-3-13(15)12(14)6-9/h2-8,17H,1H3. The summed E-state index contributed by atoms with van der Waals surface area (Å²) in [6.45, 7) is 1.67. The first kappa shape index (κ1) is 12.0. The quantitative estimate of drug-likeness (QED) is 0.885. The number of hydrogen-bond acceptors (Lipinski definition) is 2. The number of pyridine rings is 1. The van der Waals surface area contributed by atoms with Gasteiger partial charge in [0.05, 0.1) is 11.1 Å². The third-order valence-electron chi connectivity index (χ3n) is 2.54. The second-order valence-corrected chi connectivity index (χ2v) is 4.17. The zero-order valence-corrected chi connectivity index (χ0v) is 9.95. The van der Waals surface area contributed by atoms with E-state index in [0.717, 1.165) is 16.7 Å². The Bertz CT molecular complexity index is 543. The molecule has 1 aromatic heterocycles. The molecule has 0 amide bonds. The maximum atomic E-state index is 13.1. The van der Waals surface area contributed by atoms with Gasteiger partial charge in [0.15, 0.2) is 0 Å². The molecule has 1 heterocycles. The Morgan fingerprint density at radius 2 is 2.12 bits per heavy atom. The van der Waals surface area contributed by atoms with Crippen LogP contribution in [0.5, 0.6) is 0 Å². The maximum absolute atomic E-state index is 13.1. The number of aromatic nitrogens is 1. The SMILES string of the molecule is CC(O)c1ccncc1-c1ccc(F)c(Cl)c1. The van der Waals surface area contributed by atoms with E-state index in [-0.39, 0.29) is 5.02 Å². The molecule has 0 fully saturated rings. The average Bonchev–Trinajstić information content (AvgIpc) is 2.32. The van der Waals surface area contributed by atoms with E-state index in [9.17, 15) is 9.50 Å². The number of nitrogens with zero attached hydrogens (tertiary/aromatic N) is 1. The molecule has 0 saturated heterocycles. The predicted octanol–water partition coefficient (Wildman–Crippen LogP) is 3.59. The summed E-state index contributed by atoms with van der Waals surface area (Å²) in [5.41, 5.74) is 2.23.